The number of amides is 2. The van der Waals surface area contributed by atoms with Gasteiger partial charge in [0.25, 0.3) is 5.91 Å². The van der Waals surface area contributed by atoms with Crippen LogP contribution in [-0.4, -0.2) is 35.3 Å². The molecule has 1 aliphatic heterocycles. The van der Waals surface area contributed by atoms with E-state index in [4.69, 9.17) is 11.6 Å². The number of nitrogens with one attached hydrogen (secondary N) is 1. The van der Waals surface area contributed by atoms with E-state index in [1.54, 1.807) is 18.2 Å². The predicted octanol–water partition coefficient (Wildman–Crippen LogP) is 4.48. The van der Waals surface area contributed by atoms with Gasteiger partial charge in [0.2, 0.25) is 5.91 Å². The predicted molar refractivity (Wildman–Crippen MR) is 116 cm³/mol. The highest BCUT2D eigenvalue weighted by Gasteiger charge is 2.28. The van der Waals surface area contributed by atoms with Crippen LogP contribution in [-0.2, 0) is 11.2 Å². The topological polar surface area (TPSA) is 49.4 Å². The SMILES string of the molecule is O=C(NC1CC1)c1ccc(/C=C/C(=O)N2CCCC2Cc2ccccc2Cl)cc1. The van der Waals surface area contributed by atoms with Gasteiger partial charge >= 0.3 is 0 Å². The van der Waals surface area contributed by atoms with E-state index in [0.29, 0.717) is 11.6 Å². The maximum atomic E-state index is 12.7. The van der Waals surface area contributed by atoms with Gasteiger partial charge in [0.15, 0.2) is 0 Å². The van der Waals surface area contributed by atoms with E-state index in [2.05, 4.69) is 5.32 Å². The first kappa shape index (κ1) is 19.7. The number of benzene rings is 2. The minimum atomic E-state index is -0.0291. The summed E-state index contributed by atoms with van der Waals surface area (Å²) in [6.07, 6.45) is 8.38. The Kier molecular flexibility index (Phi) is 6.00. The second-order valence-corrected chi connectivity index (χ2v) is 8.23. The summed E-state index contributed by atoms with van der Waals surface area (Å²) in [5.74, 6) is -0.00584. The van der Waals surface area contributed by atoms with Crippen molar-refractivity contribution in [3.05, 3.63) is 76.3 Å². The number of nitrogens with zero attached hydrogens (tertiary/aromatic N) is 1. The Morgan fingerprint density at radius 3 is 2.55 bits per heavy atom. The highest BCUT2D eigenvalue weighted by atomic mass is 35.5. The van der Waals surface area contributed by atoms with E-state index in [-0.39, 0.29) is 17.9 Å². The summed E-state index contributed by atoms with van der Waals surface area (Å²) in [7, 11) is 0. The molecular weight excluding hydrogens is 384 g/mol. The van der Waals surface area contributed by atoms with Gasteiger partial charge in [-0.2, -0.15) is 0 Å². The van der Waals surface area contributed by atoms with Gasteiger partial charge in [-0.15, -0.1) is 0 Å². The van der Waals surface area contributed by atoms with Gasteiger partial charge in [-0.25, -0.2) is 0 Å². The van der Waals surface area contributed by atoms with Crippen molar-refractivity contribution >= 4 is 29.5 Å². The van der Waals surface area contributed by atoms with E-state index >= 15 is 0 Å². The molecule has 5 heteroatoms. The molecule has 1 heterocycles. The molecule has 1 atom stereocenters. The standard InChI is InChI=1S/C24H25ClN2O2/c25-22-6-2-1-4-19(22)16-21-5-3-15-27(21)23(28)14-9-17-7-10-18(11-8-17)24(29)26-20-12-13-20/h1-2,4,6-11,14,20-21H,3,5,12-13,15-16H2,(H,26,29)/b14-9+. The van der Waals surface area contributed by atoms with Crippen LogP contribution in [0.3, 0.4) is 0 Å². The molecule has 1 saturated heterocycles. The second-order valence-electron chi connectivity index (χ2n) is 7.83. The molecule has 0 aromatic heterocycles. The van der Waals surface area contributed by atoms with E-state index < -0.39 is 0 Å². The van der Waals surface area contributed by atoms with E-state index in [1.165, 1.54) is 0 Å². The fraction of sp³-hybridized carbons (Fsp3) is 0.333. The van der Waals surface area contributed by atoms with Crippen LogP contribution in [0.15, 0.2) is 54.6 Å². The molecule has 4 rings (SSSR count). The zero-order valence-electron chi connectivity index (χ0n) is 16.3. The minimum absolute atomic E-state index is 0.0232. The van der Waals surface area contributed by atoms with E-state index in [9.17, 15) is 9.59 Å². The highest BCUT2D eigenvalue weighted by molar-refractivity contribution is 6.31. The Morgan fingerprint density at radius 2 is 1.83 bits per heavy atom. The van der Waals surface area contributed by atoms with E-state index in [1.807, 2.05) is 47.4 Å². The lowest BCUT2D eigenvalue weighted by atomic mass is 10.0. The third kappa shape index (κ3) is 5.07. The van der Waals surface area contributed by atoms with Gasteiger partial charge in [0.05, 0.1) is 0 Å². The fourth-order valence-corrected chi connectivity index (χ4v) is 3.97. The number of halogens is 1. The molecule has 1 aliphatic carbocycles. The average molecular weight is 409 g/mol. The minimum Gasteiger partial charge on any atom is -0.349 e. The molecule has 2 aromatic carbocycles. The highest BCUT2D eigenvalue weighted by Crippen LogP contribution is 2.25. The molecule has 4 nitrogen and oxygen atoms in total. The normalized spacial score (nSPS) is 18.9. The molecule has 1 N–H and O–H groups in total. The second kappa shape index (κ2) is 8.83. The third-order valence-electron chi connectivity index (χ3n) is 5.58. The van der Waals surface area contributed by atoms with Crippen molar-refractivity contribution in [3.8, 4) is 0 Å². The van der Waals surface area contributed by atoms with Gasteiger partial charge < -0.3 is 10.2 Å². The molecule has 2 aliphatic rings. The lowest BCUT2D eigenvalue weighted by molar-refractivity contribution is -0.126. The largest absolute Gasteiger partial charge is 0.349 e. The van der Waals surface area contributed by atoms with Crippen molar-refractivity contribution < 1.29 is 9.59 Å². The maximum Gasteiger partial charge on any atom is 0.251 e. The quantitative estimate of drug-likeness (QED) is 0.716. The van der Waals surface area contributed by atoms with Gasteiger partial charge in [-0.1, -0.05) is 41.9 Å². The van der Waals surface area contributed by atoms with Crippen LogP contribution in [0.1, 0.15) is 47.2 Å². The lowest BCUT2D eigenvalue weighted by Gasteiger charge is -2.24. The van der Waals surface area contributed by atoms with Crippen LogP contribution in [0.4, 0.5) is 0 Å². The van der Waals surface area contributed by atoms with Gasteiger partial charge in [-0.05, 0) is 67.5 Å². The van der Waals surface area contributed by atoms with Crippen LogP contribution in [0.25, 0.3) is 6.08 Å². The van der Waals surface area contributed by atoms with Gasteiger partial charge in [-0.3, -0.25) is 9.59 Å². The zero-order valence-corrected chi connectivity index (χ0v) is 17.1. The molecular formula is C24H25ClN2O2. The van der Waals surface area contributed by atoms with Crippen LogP contribution in [0.5, 0.6) is 0 Å². The van der Waals surface area contributed by atoms with Crippen molar-refractivity contribution in [2.75, 3.05) is 6.54 Å². The number of likely N-dealkylation sites (tertiary alicyclic amines) is 1. The van der Waals surface area contributed by atoms with Crippen molar-refractivity contribution in [2.24, 2.45) is 0 Å². The summed E-state index contributed by atoms with van der Waals surface area (Å²) < 4.78 is 0. The fourth-order valence-electron chi connectivity index (χ4n) is 3.76. The molecule has 1 saturated carbocycles. The van der Waals surface area contributed by atoms with E-state index in [0.717, 1.165) is 54.8 Å². The molecule has 0 spiro atoms. The molecule has 0 bridgehead atoms. The van der Waals surface area contributed by atoms with Crippen LogP contribution < -0.4 is 5.32 Å². The molecule has 29 heavy (non-hydrogen) atoms. The summed E-state index contributed by atoms with van der Waals surface area (Å²) in [6.45, 7) is 0.776. The number of hydrogen-bond donors (Lipinski definition) is 1. The van der Waals surface area contributed by atoms with Crippen LogP contribution in [0, 0.1) is 0 Å². The summed E-state index contributed by atoms with van der Waals surface area (Å²) in [6, 6.07) is 15.7. The lowest BCUT2D eigenvalue weighted by Crippen LogP contribution is -2.35. The molecule has 1 unspecified atom stereocenters. The Bertz CT molecular complexity index is 919. The van der Waals surface area contributed by atoms with Gasteiger partial charge in [0, 0.05) is 35.3 Å². The van der Waals surface area contributed by atoms with Crippen LogP contribution in [0.2, 0.25) is 5.02 Å². The average Bonchev–Trinajstić information content (AvgIpc) is 3.42. The van der Waals surface area contributed by atoms with Crippen LogP contribution >= 0.6 is 11.6 Å². The Balaban J connectivity index is 1.36. The Hall–Kier alpha value is -2.59. The van der Waals surface area contributed by atoms with Gasteiger partial charge in [0.1, 0.15) is 0 Å². The monoisotopic (exact) mass is 408 g/mol. The first-order valence-corrected chi connectivity index (χ1v) is 10.6. The molecule has 2 amide bonds. The first-order chi connectivity index (χ1) is 14.1. The Morgan fingerprint density at radius 1 is 1.07 bits per heavy atom. The third-order valence-corrected chi connectivity index (χ3v) is 5.95. The summed E-state index contributed by atoms with van der Waals surface area (Å²) in [4.78, 5) is 26.7. The first-order valence-electron chi connectivity index (χ1n) is 10.2. The maximum absolute atomic E-state index is 12.7. The van der Waals surface area contributed by atoms with Crippen molar-refractivity contribution in [2.45, 2.75) is 44.2 Å². The molecule has 2 aromatic rings. The molecule has 150 valence electrons. The summed E-state index contributed by atoms with van der Waals surface area (Å²) >= 11 is 6.29. The van der Waals surface area contributed by atoms with Crippen molar-refractivity contribution in [3.63, 3.8) is 0 Å². The van der Waals surface area contributed by atoms with Crippen molar-refractivity contribution in [1.29, 1.82) is 0 Å². The van der Waals surface area contributed by atoms with Crippen molar-refractivity contribution in [1.82, 2.24) is 10.2 Å². The summed E-state index contributed by atoms with van der Waals surface area (Å²) in [5, 5.41) is 3.74. The molecule has 0 radical (unpaired) electrons. The smallest absolute Gasteiger partial charge is 0.251 e. The Labute approximate surface area is 176 Å². The molecule has 2 fully saturated rings. The number of rotatable bonds is 6. The zero-order chi connectivity index (χ0) is 20.2. The number of carbonyl (C=O) groups excluding carboxylic acids is 2. The summed E-state index contributed by atoms with van der Waals surface area (Å²) in [5.41, 5.74) is 2.64. The number of carbonyl (C=O) groups is 2. The number of hydrogen-bond acceptors (Lipinski definition) is 2.